The molecule has 2 aromatic carbocycles. The highest BCUT2D eigenvalue weighted by Gasteiger charge is 2.32. The number of pyridine rings is 1. The van der Waals surface area contributed by atoms with E-state index in [1.54, 1.807) is 12.3 Å². The maximum Gasteiger partial charge on any atom is 0.416 e. The predicted octanol–water partition coefficient (Wildman–Crippen LogP) is 5.56. The molecule has 0 saturated heterocycles. The Kier molecular flexibility index (Phi) is 6.25. The van der Waals surface area contributed by atoms with Crippen LogP contribution in [-0.2, 0) is 11.0 Å². The first-order valence-electron chi connectivity index (χ1n) is 10.2. The molecule has 1 aliphatic heterocycles. The van der Waals surface area contributed by atoms with Gasteiger partial charge in [0.05, 0.1) is 23.9 Å². The Hall–Kier alpha value is -3.61. The Balaban J connectivity index is 1.64. The Morgan fingerprint density at radius 1 is 1.06 bits per heavy atom. The van der Waals surface area contributed by atoms with Crippen molar-refractivity contribution in [1.29, 1.82) is 0 Å². The van der Waals surface area contributed by atoms with Gasteiger partial charge in [0.25, 0.3) is 0 Å². The first-order chi connectivity index (χ1) is 15.4. The molecule has 0 saturated carbocycles. The third kappa shape index (κ3) is 4.99. The van der Waals surface area contributed by atoms with Crippen LogP contribution in [0.2, 0.25) is 0 Å². The van der Waals surface area contributed by atoms with Crippen LogP contribution in [0.25, 0.3) is 5.57 Å². The smallest absolute Gasteiger partial charge is 0.416 e. The van der Waals surface area contributed by atoms with Gasteiger partial charge in [0.1, 0.15) is 5.75 Å². The monoisotopic (exact) mass is 438 g/mol. The second-order valence-electron chi connectivity index (χ2n) is 7.44. The lowest BCUT2D eigenvalue weighted by atomic mass is 9.98. The Labute approximate surface area is 183 Å². The number of carbonyl (C=O) groups excluding carboxylic acids is 1. The van der Waals surface area contributed by atoms with Gasteiger partial charge < -0.3 is 10.1 Å². The number of nitrogens with zero attached hydrogens (tertiary/aromatic N) is 1. The second-order valence-corrected chi connectivity index (χ2v) is 7.44. The lowest BCUT2D eigenvalue weighted by Crippen LogP contribution is -2.28. The lowest BCUT2D eigenvalue weighted by molar-refractivity contribution is -0.137. The summed E-state index contributed by atoms with van der Waals surface area (Å²) >= 11 is 0. The van der Waals surface area contributed by atoms with Crippen molar-refractivity contribution < 1.29 is 22.7 Å². The molecule has 0 fully saturated rings. The largest absolute Gasteiger partial charge is 0.493 e. The highest BCUT2D eigenvalue weighted by Crippen LogP contribution is 2.38. The molecule has 4 nitrogen and oxygen atoms in total. The maximum absolute atomic E-state index is 13.1. The molecule has 1 unspecified atom stereocenters. The minimum atomic E-state index is -4.46. The van der Waals surface area contributed by atoms with Crippen molar-refractivity contribution in [3.63, 3.8) is 0 Å². The predicted molar refractivity (Wildman–Crippen MR) is 115 cm³/mol. The molecule has 1 N–H and O–H groups in total. The van der Waals surface area contributed by atoms with Crippen LogP contribution in [0.5, 0.6) is 5.75 Å². The molecule has 0 aliphatic carbocycles. The van der Waals surface area contributed by atoms with Gasteiger partial charge in [-0.05, 0) is 48.2 Å². The van der Waals surface area contributed by atoms with Crippen molar-refractivity contribution in [3.8, 4) is 5.75 Å². The number of carbonyl (C=O) groups is 1. The third-order valence-electron chi connectivity index (χ3n) is 5.21. The van der Waals surface area contributed by atoms with Crippen molar-refractivity contribution in [2.75, 3.05) is 6.61 Å². The zero-order valence-corrected chi connectivity index (χ0v) is 17.1. The fraction of sp³-hybridized carbons (Fsp3) is 0.200. The zero-order chi connectivity index (χ0) is 22.6. The number of amides is 1. The number of benzene rings is 2. The number of allylic oxidation sites excluding steroid dienone is 1. The Morgan fingerprint density at radius 3 is 2.56 bits per heavy atom. The van der Waals surface area contributed by atoms with Crippen LogP contribution in [0.4, 0.5) is 13.2 Å². The first kappa shape index (κ1) is 21.6. The van der Waals surface area contributed by atoms with E-state index in [0.717, 1.165) is 17.7 Å². The summed E-state index contributed by atoms with van der Waals surface area (Å²) in [5, 5.41) is 2.99. The first-order valence-corrected chi connectivity index (χ1v) is 10.2. The van der Waals surface area contributed by atoms with Gasteiger partial charge in [0, 0.05) is 17.8 Å². The molecule has 7 heteroatoms. The number of halogens is 3. The van der Waals surface area contributed by atoms with Crippen molar-refractivity contribution in [1.82, 2.24) is 10.3 Å². The van der Waals surface area contributed by atoms with Gasteiger partial charge in [-0.2, -0.15) is 13.2 Å². The average Bonchev–Trinajstić information content (AvgIpc) is 3.00. The molecule has 32 heavy (non-hydrogen) atoms. The summed E-state index contributed by atoms with van der Waals surface area (Å²) in [6.07, 6.45) is -0.243. The van der Waals surface area contributed by atoms with Crippen LogP contribution in [-0.4, -0.2) is 17.5 Å². The Bertz CT molecular complexity index is 1070. The molecule has 1 amide bonds. The van der Waals surface area contributed by atoms with Crippen LogP contribution >= 0.6 is 0 Å². The number of hydrogen-bond donors (Lipinski definition) is 1. The van der Waals surface area contributed by atoms with Crippen molar-refractivity contribution in [2.45, 2.75) is 25.1 Å². The SMILES string of the molecule is O=C(/C=C1\CCCOc2cc(C(F)(F)F)ccc21)NC(c1ccccc1)c1ccccn1. The van der Waals surface area contributed by atoms with E-state index in [-0.39, 0.29) is 18.3 Å². The topological polar surface area (TPSA) is 51.2 Å². The number of alkyl halides is 3. The highest BCUT2D eigenvalue weighted by atomic mass is 19.4. The summed E-state index contributed by atoms with van der Waals surface area (Å²) in [5.41, 5.74) is 1.92. The third-order valence-corrected chi connectivity index (χ3v) is 5.21. The van der Waals surface area contributed by atoms with Crippen LogP contribution in [0.3, 0.4) is 0 Å². The summed E-state index contributed by atoms with van der Waals surface area (Å²) in [6.45, 7) is 0.286. The van der Waals surface area contributed by atoms with E-state index in [0.29, 0.717) is 29.7 Å². The van der Waals surface area contributed by atoms with Gasteiger partial charge in [0.15, 0.2) is 0 Å². The summed E-state index contributed by atoms with van der Waals surface area (Å²) in [6, 6.07) is 17.9. The molecule has 2 heterocycles. The van der Waals surface area contributed by atoms with E-state index >= 15 is 0 Å². The molecule has 1 aliphatic rings. The highest BCUT2D eigenvalue weighted by molar-refractivity contribution is 5.96. The molecule has 0 spiro atoms. The van der Waals surface area contributed by atoms with E-state index in [1.165, 1.54) is 12.1 Å². The van der Waals surface area contributed by atoms with Crippen molar-refractivity contribution >= 4 is 11.5 Å². The number of hydrogen-bond acceptors (Lipinski definition) is 3. The number of ether oxygens (including phenoxy) is 1. The molecule has 4 rings (SSSR count). The minimum absolute atomic E-state index is 0.140. The molecular weight excluding hydrogens is 417 g/mol. The molecule has 1 atom stereocenters. The second kappa shape index (κ2) is 9.26. The van der Waals surface area contributed by atoms with Crippen molar-refractivity contribution in [2.24, 2.45) is 0 Å². The van der Waals surface area contributed by atoms with Crippen molar-refractivity contribution in [3.05, 3.63) is 101 Å². The fourth-order valence-electron chi connectivity index (χ4n) is 3.68. The number of nitrogens with one attached hydrogen (secondary N) is 1. The normalized spacial score (nSPS) is 15.9. The Morgan fingerprint density at radius 2 is 1.84 bits per heavy atom. The van der Waals surface area contributed by atoms with Crippen LogP contribution < -0.4 is 10.1 Å². The quantitative estimate of drug-likeness (QED) is 0.543. The molecular formula is C25H21F3N2O2. The van der Waals surface area contributed by atoms with Gasteiger partial charge in [0.2, 0.25) is 5.91 Å². The van der Waals surface area contributed by atoms with Gasteiger partial charge in [-0.1, -0.05) is 42.5 Å². The summed E-state index contributed by atoms with van der Waals surface area (Å²) in [7, 11) is 0. The van der Waals surface area contributed by atoms with Gasteiger partial charge in [-0.3, -0.25) is 9.78 Å². The minimum Gasteiger partial charge on any atom is -0.493 e. The summed E-state index contributed by atoms with van der Waals surface area (Å²) in [5.74, 6) is -0.215. The lowest BCUT2D eigenvalue weighted by Gasteiger charge is -2.18. The van der Waals surface area contributed by atoms with E-state index in [1.807, 2.05) is 42.5 Å². The van der Waals surface area contributed by atoms with E-state index in [2.05, 4.69) is 10.3 Å². The summed E-state index contributed by atoms with van der Waals surface area (Å²) in [4.78, 5) is 17.4. The number of aromatic nitrogens is 1. The molecule has 3 aromatic rings. The molecule has 0 radical (unpaired) electrons. The van der Waals surface area contributed by atoms with Gasteiger partial charge >= 0.3 is 6.18 Å². The van der Waals surface area contributed by atoms with Crippen LogP contribution in [0.15, 0.2) is 79.0 Å². The van der Waals surface area contributed by atoms with Crippen LogP contribution in [0, 0.1) is 0 Å². The molecule has 164 valence electrons. The van der Waals surface area contributed by atoms with Crippen LogP contribution in [0.1, 0.15) is 41.3 Å². The maximum atomic E-state index is 13.1. The standard InChI is InChI=1S/C25H21F3N2O2/c26-25(27,28)19-11-12-20-18(9-6-14-32-22(20)16-19)15-23(31)30-24(17-7-2-1-3-8-17)21-10-4-5-13-29-21/h1-5,7-8,10-13,15-16,24H,6,9,14H2,(H,30,31)/b18-15+. The zero-order valence-electron chi connectivity index (χ0n) is 17.1. The number of rotatable bonds is 4. The average molecular weight is 438 g/mol. The summed E-state index contributed by atoms with van der Waals surface area (Å²) < 4.78 is 44.8. The molecule has 1 aromatic heterocycles. The van der Waals surface area contributed by atoms with E-state index in [4.69, 9.17) is 4.74 Å². The van der Waals surface area contributed by atoms with Gasteiger partial charge in [-0.25, -0.2) is 0 Å². The van der Waals surface area contributed by atoms with E-state index in [9.17, 15) is 18.0 Å². The fourth-order valence-corrected chi connectivity index (χ4v) is 3.68. The van der Waals surface area contributed by atoms with E-state index < -0.39 is 17.8 Å². The molecule has 0 bridgehead atoms. The van der Waals surface area contributed by atoms with Gasteiger partial charge in [-0.15, -0.1) is 0 Å². The number of fused-ring (bicyclic) bond motifs is 1.